The van der Waals surface area contributed by atoms with E-state index >= 15 is 0 Å². The molecule has 1 amide bonds. The minimum atomic E-state index is 0.0398. The lowest BCUT2D eigenvalue weighted by Crippen LogP contribution is -2.47. The molecule has 0 N–H and O–H groups in total. The van der Waals surface area contributed by atoms with Crippen LogP contribution in [0, 0.1) is 0 Å². The van der Waals surface area contributed by atoms with Gasteiger partial charge in [-0.15, -0.1) is 0 Å². The SMILES string of the molecule is CN1CCN(C(=O)c2cnc(N3CCN(C)CC3)nc2)CC1. The first kappa shape index (κ1) is 15.2. The summed E-state index contributed by atoms with van der Waals surface area (Å²) in [4.78, 5) is 29.8. The molecule has 120 valence electrons. The first-order valence-corrected chi connectivity index (χ1v) is 7.87. The second-order valence-electron chi connectivity index (χ2n) is 6.16. The highest BCUT2D eigenvalue weighted by molar-refractivity contribution is 5.93. The van der Waals surface area contributed by atoms with Crippen LogP contribution in [0.4, 0.5) is 5.95 Å². The van der Waals surface area contributed by atoms with Crippen LogP contribution in [0.2, 0.25) is 0 Å². The Hall–Kier alpha value is -1.73. The van der Waals surface area contributed by atoms with Gasteiger partial charge in [0.2, 0.25) is 5.95 Å². The molecule has 0 unspecified atom stereocenters. The van der Waals surface area contributed by atoms with Crippen LogP contribution in [0.1, 0.15) is 10.4 Å². The molecule has 2 aliphatic rings. The zero-order valence-electron chi connectivity index (χ0n) is 13.4. The Bertz CT molecular complexity index is 503. The molecule has 7 heteroatoms. The third-order valence-electron chi connectivity index (χ3n) is 4.46. The summed E-state index contributed by atoms with van der Waals surface area (Å²) in [6.45, 7) is 7.30. The van der Waals surface area contributed by atoms with Crippen molar-refractivity contribution >= 4 is 11.9 Å². The Balaban J connectivity index is 1.62. The maximum absolute atomic E-state index is 12.4. The number of rotatable bonds is 2. The predicted octanol–water partition coefficient (Wildman–Crippen LogP) is -0.384. The molecule has 0 aromatic carbocycles. The Morgan fingerprint density at radius 2 is 1.36 bits per heavy atom. The molecular weight excluding hydrogens is 280 g/mol. The normalized spacial score (nSPS) is 21.2. The fourth-order valence-corrected chi connectivity index (χ4v) is 2.79. The average Bonchev–Trinajstić information content (AvgIpc) is 2.56. The van der Waals surface area contributed by atoms with Crippen molar-refractivity contribution in [2.24, 2.45) is 0 Å². The zero-order valence-corrected chi connectivity index (χ0v) is 13.4. The second kappa shape index (κ2) is 6.58. The number of anilines is 1. The van der Waals surface area contributed by atoms with E-state index in [1.165, 1.54) is 0 Å². The molecule has 2 saturated heterocycles. The van der Waals surface area contributed by atoms with Crippen LogP contribution < -0.4 is 4.90 Å². The number of amides is 1. The zero-order chi connectivity index (χ0) is 15.5. The monoisotopic (exact) mass is 304 g/mol. The molecule has 0 bridgehead atoms. The molecule has 0 spiro atoms. The highest BCUT2D eigenvalue weighted by atomic mass is 16.2. The Morgan fingerprint density at radius 3 is 1.91 bits per heavy atom. The molecule has 0 radical (unpaired) electrons. The van der Waals surface area contributed by atoms with Gasteiger partial charge in [0, 0.05) is 64.8 Å². The van der Waals surface area contributed by atoms with E-state index in [1.807, 2.05) is 4.90 Å². The van der Waals surface area contributed by atoms with Crippen molar-refractivity contribution in [2.75, 3.05) is 71.4 Å². The average molecular weight is 304 g/mol. The fraction of sp³-hybridized carbons (Fsp3) is 0.667. The molecule has 2 aliphatic heterocycles. The van der Waals surface area contributed by atoms with Crippen molar-refractivity contribution in [3.8, 4) is 0 Å². The first-order chi connectivity index (χ1) is 10.6. The topological polar surface area (TPSA) is 55.8 Å². The molecular formula is C15H24N6O. The van der Waals surface area contributed by atoms with Crippen LogP contribution in [0.3, 0.4) is 0 Å². The van der Waals surface area contributed by atoms with Gasteiger partial charge in [-0.05, 0) is 14.1 Å². The van der Waals surface area contributed by atoms with Gasteiger partial charge < -0.3 is 19.6 Å². The molecule has 1 aromatic rings. The molecule has 7 nitrogen and oxygen atoms in total. The summed E-state index contributed by atoms with van der Waals surface area (Å²) in [5, 5.41) is 0. The van der Waals surface area contributed by atoms with E-state index in [9.17, 15) is 4.79 Å². The van der Waals surface area contributed by atoms with Crippen LogP contribution in [-0.4, -0.2) is 97.0 Å². The highest BCUT2D eigenvalue weighted by Crippen LogP contribution is 2.12. The summed E-state index contributed by atoms with van der Waals surface area (Å²) in [7, 11) is 4.20. The number of hydrogen-bond acceptors (Lipinski definition) is 6. The second-order valence-corrected chi connectivity index (χ2v) is 6.16. The third kappa shape index (κ3) is 3.36. The van der Waals surface area contributed by atoms with E-state index in [0.29, 0.717) is 5.56 Å². The minimum absolute atomic E-state index is 0.0398. The largest absolute Gasteiger partial charge is 0.338 e. The van der Waals surface area contributed by atoms with Gasteiger partial charge in [0.1, 0.15) is 0 Å². The molecule has 2 fully saturated rings. The Morgan fingerprint density at radius 1 is 0.864 bits per heavy atom. The van der Waals surface area contributed by atoms with Crippen molar-refractivity contribution in [1.29, 1.82) is 0 Å². The van der Waals surface area contributed by atoms with Crippen molar-refractivity contribution in [2.45, 2.75) is 0 Å². The van der Waals surface area contributed by atoms with Gasteiger partial charge in [-0.3, -0.25) is 4.79 Å². The number of nitrogens with zero attached hydrogens (tertiary/aromatic N) is 6. The number of piperazine rings is 2. The maximum Gasteiger partial charge on any atom is 0.257 e. The van der Waals surface area contributed by atoms with Crippen LogP contribution in [0.5, 0.6) is 0 Å². The summed E-state index contributed by atoms with van der Waals surface area (Å²) in [5.74, 6) is 0.765. The lowest BCUT2D eigenvalue weighted by molar-refractivity contribution is 0.0663. The number of carbonyl (C=O) groups is 1. The molecule has 1 aromatic heterocycles. The van der Waals surface area contributed by atoms with Gasteiger partial charge in [-0.25, -0.2) is 9.97 Å². The number of hydrogen-bond donors (Lipinski definition) is 0. The van der Waals surface area contributed by atoms with Crippen LogP contribution in [0.15, 0.2) is 12.4 Å². The maximum atomic E-state index is 12.4. The van der Waals surface area contributed by atoms with E-state index in [2.05, 4.69) is 38.8 Å². The van der Waals surface area contributed by atoms with Crippen LogP contribution in [-0.2, 0) is 0 Å². The Kier molecular flexibility index (Phi) is 4.54. The van der Waals surface area contributed by atoms with Gasteiger partial charge in [0.15, 0.2) is 0 Å². The standard InChI is InChI=1S/C15H24N6O/c1-18-3-7-20(8-4-18)14(22)13-11-16-15(17-12-13)21-9-5-19(2)6-10-21/h11-12H,3-10H2,1-2H3. The molecule has 0 atom stereocenters. The van der Waals surface area contributed by atoms with Crippen molar-refractivity contribution in [3.05, 3.63) is 18.0 Å². The quantitative estimate of drug-likeness (QED) is 0.742. The van der Waals surface area contributed by atoms with Crippen LogP contribution >= 0.6 is 0 Å². The summed E-state index contributed by atoms with van der Waals surface area (Å²) >= 11 is 0. The highest BCUT2D eigenvalue weighted by Gasteiger charge is 2.22. The molecule has 3 rings (SSSR count). The summed E-state index contributed by atoms with van der Waals surface area (Å²) in [6.07, 6.45) is 3.34. The third-order valence-corrected chi connectivity index (χ3v) is 4.46. The van der Waals surface area contributed by atoms with Gasteiger partial charge >= 0.3 is 0 Å². The Labute approximate surface area is 131 Å². The van der Waals surface area contributed by atoms with E-state index in [1.54, 1.807) is 12.4 Å². The van der Waals surface area contributed by atoms with E-state index < -0.39 is 0 Å². The summed E-state index contributed by atoms with van der Waals surface area (Å²) in [5.41, 5.74) is 0.586. The number of likely N-dealkylation sites (N-methyl/N-ethyl adjacent to an activating group) is 2. The molecule has 0 saturated carbocycles. The lowest BCUT2D eigenvalue weighted by Gasteiger charge is -2.33. The molecule has 0 aliphatic carbocycles. The van der Waals surface area contributed by atoms with Crippen molar-refractivity contribution < 1.29 is 4.79 Å². The van der Waals surface area contributed by atoms with E-state index in [4.69, 9.17) is 0 Å². The summed E-state index contributed by atoms with van der Waals surface area (Å²) in [6, 6.07) is 0. The summed E-state index contributed by atoms with van der Waals surface area (Å²) < 4.78 is 0. The molecule has 3 heterocycles. The number of carbonyl (C=O) groups excluding carboxylic acids is 1. The smallest absolute Gasteiger partial charge is 0.257 e. The van der Waals surface area contributed by atoms with Gasteiger partial charge in [0.25, 0.3) is 5.91 Å². The first-order valence-electron chi connectivity index (χ1n) is 7.87. The predicted molar refractivity (Wildman–Crippen MR) is 85.1 cm³/mol. The van der Waals surface area contributed by atoms with Gasteiger partial charge in [-0.1, -0.05) is 0 Å². The van der Waals surface area contributed by atoms with Gasteiger partial charge in [0.05, 0.1) is 5.56 Å². The van der Waals surface area contributed by atoms with Gasteiger partial charge in [-0.2, -0.15) is 0 Å². The number of aromatic nitrogens is 2. The fourth-order valence-electron chi connectivity index (χ4n) is 2.79. The van der Waals surface area contributed by atoms with E-state index in [-0.39, 0.29) is 5.91 Å². The van der Waals surface area contributed by atoms with Crippen LogP contribution in [0.25, 0.3) is 0 Å². The van der Waals surface area contributed by atoms with Crippen molar-refractivity contribution in [3.63, 3.8) is 0 Å². The van der Waals surface area contributed by atoms with Crippen molar-refractivity contribution in [1.82, 2.24) is 24.7 Å². The van der Waals surface area contributed by atoms with E-state index in [0.717, 1.165) is 58.3 Å². The molecule has 22 heavy (non-hydrogen) atoms. The minimum Gasteiger partial charge on any atom is -0.338 e. The lowest BCUT2D eigenvalue weighted by atomic mass is 10.2.